The van der Waals surface area contributed by atoms with Gasteiger partial charge in [0.25, 0.3) is 0 Å². The van der Waals surface area contributed by atoms with Gasteiger partial charge in [0, 0.05) is 0 Å². The smallest absolute Gasteiger partial charge is 0.137 e. The molecule has 0 aromatic carbocycles. The van der Waals surface area contributed by atoms with Crippen LogP contribution >= 0.6 is 0 Å². The molecule has 0 bridgehead atoms. The van der Waals surface area contributed by atoms with Crippen molar-refractivity contribution in [2.45, 2.75) is 60.8 Å². The fourth-order valence-electron chi connectivity index (χ4n) is 1.05. The maximum atomic E-state index is 10.0. The molecule has 0 heterocycles. The van der Waals surface area contributed by atoms with E-state index in [1.807, 2.05) is 0 Å². The lowest BCUT2D eigenvalue weighted by molar-refractivity contribution is -0.126. The number of carbonyl (C=O) groups is 6. The lowest BCUT2D eigenvalue weighted by atomic mass is 10.2. The maximum Gasteiger partial charge on any atom is 0.137 e. The molecule has 0 aliphatic carbocycles. The van der Waals surface area contributed by atoms with Gasteiger partial charge in [-0.15, -0.1) is 0 Å². The van der Waals surface area contributed by atoms with E-state index in [1.165, 1.54) is 41.5 Å². The van der Waals surface area contributed by atoms with E-state index in [-0.39, 0.29) is 62.4 Å². The topological polar surface area (TPSA) is 102 Å². The fourth-order valence-corrected chi connectivity index (χ4v) is 1.05. The number of rotatable bonds is 6. The molecule has 0 spiro atoms. The van der Waals surface area contributed by atoms with Crippen LogP contribution in [0.2, 0.25) is 0 Å². The van der Waals surface area contributed by atoms with Crippen LogP contribution in [0.15, 0.2) is 0 Å². The molecule has 126 valence electrons. The van der Waals surface area contributed by atoms with E-state index in [1.54, 1.807) is 0 Å². The zero-order valence-corrected chi connectivity index (χ0v) is 13.6. The van der Waals surface area contributed by atoms with Crippen molar-refractivity contribution < 1.29 is 28.8 Å². The minimum Gasteiger partial charge on any atom is -0.300 e. The van der Waals surface area contributed by atoms with Crippen LogP contribution in [0.5, 0.6) is 0 Å². The zero-order chi connectivity index (χ0) is 17.6. The van der Waals surface area contributed by atoms with E-state index in [2.05, 4.69) is 0 Å². The van der Waals surface area contributed by atoms with Gasteiger partial charge in [0.05, 0.1) is 27.7 Å². The Balaban J connectivity index is -0.000000108. The monoisotopic (exact) mass is 314 g/mol. The van der Waals surface area contributed by atoms with E-state index >= 15 is 0 Å². The molecule has 0 aliphatic heterocycles. The predicted molar refractivity (Wildman–Crippen MR) is 87.9 cm³/mol. The Morgan fingerprint density at radius 1 is 0.409 bits per heavy atom. The summed E-state index contributed by atoms with van der Waals surface area (Å²) in [5.74, 6) is -0.375. The summed E-state index contributed by atoms with van der Waals surface area (Å²) < 4.78 is 0. The van der Waals surface area contributed by atoms with Crippen molar-refractivity contribution in [3.8, 4) is 0 Å². The van der Waals surface area contributed by atoms with E-state index in [0.717, 1.165) is 0 Å². The Labute approximate surface area is 133 Å². The average Bonchev–Trinajstić information content (AvgIpc) is 2.10. The van der Waals surface area contributed by atoms with Gasteiger partial charge in [0.2, 0.25) is 0 Å². The minimum atomic E-state index is -0.0625. The molecule has 0 N–H and O–H groups in total. The van der Waals surface area contributed by atoms with Crippen molar-refractivity contribution in [1.82, 2.24) is 0 Å². The minimum absolute atomic E-state index is 0. The Morgan fingerprint density at radius 2 is 0.500 bits per heavy atom. The van der Waals surface area contributed by atoms with Crippen LogP contribution in [0.4, 0.5) is 0 Å². The first-order chi connectivity index (χ1) is 9.38. The van der Waals surface area contributed by atoms with Gasteiger partial charge >= 0.3 is 0 Å². The molecule has 6 nitrogen and oxygen atoms in total. The zero-order valence-electron chi connectivity index (χ0n) is 13.6. The molecular formula is C15H27BO6. The summed E-state index contributed by atoms with van der Waals surface area (Å²) in [6.45, 7) is 8.42. The highest BCUT2D eigenvalue weighted by molar-refractivity contribution is 5.97. The first-order valence-electron chi connectivity index (χ1n) is 6.35. The highest BCUT2D eigenvalue weighted by Gasteiger charge is 1.95. The summed E-state index contributed by atoms with van der Waals surface area (Å²) in [6.07, 6.45) is 0.250. The molecule has 22 heavy (non-hydrogen) atoms. The Hall–Kier alpha value is -1.92. The molecule has 0 amide bonds. The highest BCUT2D eigenvalue weighted by Crippen LogP contribution is 1.81. The van der Waals surface area contributed by atoms with Crippen LogP contribution in [0.1, 0.15) is 60.8 Å². The fraction of sp³-hybridized carbons (Fsp3) is 0.600. The molecule has 0 radical (unpaired) electrons. The SMILES string of the molecule is B.CC(=O)CC(C)=O.CC(=O)CC(C)=O.CC(=O)CC(C)=O. The molecule has 0 unspecified atom stereocenters. The van der Waals surface area contributed by atoms with E-state index in [0.29, 0.717) is 0 Å². The van der Waals surface area contributed by atoms with Crippen LogP contribution in [0, 0.1) is 0 Å². The molecular weight excluding hydrogens is 287 g/mol. The van der Waals surface area contributed by atoms with Crippen LogP contribution in [-0.2, 0) is 28.8 Å². The number of carbonyl (C=O) groups excluding carboxylic acids is 6. The first-order valence-corrected chi connectivity index (χ1v) is 6.35. The van der Waals surface area contributed by atoms with Crippen LogP contribution in [0.25, 0.3) is 0 Å². The second-order valence-corrected chi connectivity index (χ2v) is 4.74. The summed E-state index contributed by atoms with van der Waals surface area (Å²) >= 11 is 0. The van der Waals surface area contributed by atoms with Gasteiger partial charge in [-0.2, -0.15) is 0 Å². The Morgan fingerprint density at radius 3 is 0.500 bits per heavy atom. The van der Waals surface area contributed by atoms with Crippen molar-refractivity contribution in [3.05, 3.63) is 0 Å². The van der Waals surface area contributed by atoms with Gasteiger partial charge < -0.3 is 0 Å². The molecule has 0 saturated heterocycles. The molecule has 0 aromatic rings. The van der Waals surface area contributed by atoms with Gasteiger partial charge in [0.1, 0.15) is 34.7 Å². The van der Waals surface area contributed by atoms with E-state index in [4.69, 9.17) is 0 Å². The third kappa shape index (κ3) is 51.9. The Kier molecular flexibility index (Phi) is 22.0. The summed E-state index contributed by atoms with van der Waals surface area (Å²) in [5.41, 5.74) is 0. The second-order valence-electron chi connectivity index (χ2n) is 4.74. The van der Waals surface area contributed by atoms with Crippen molar-refractivity contribution in [2.24, 2.45) is 0 Å². The molecule has 0 saturated carbocycles. The van der Waals surface area contributed by atoms with E-state index < -0.39 is 0 Å². The van der Waals surface area contributed by atoms with Gasteiger partial charge in [-0.25, -0.2) is 0 Å². The van der Waals surface area contributed by atoms with Gasteiger partial charge in [-0.1, -0.05) is 0 Å². The molecule has 0 rings (SSSR count). The molecule has 7 heteroatoms. The summed E-state index contributed by atoms with van der Waals surface area (Å²) in [4.78, 5) is 60.2. The summed E-state index contributed by atoms with van der Waals surface area (Å²) in [5, 5.41) is 0. The first kappa shape index (κ1) is 28.3. The molecule has 0 atom stereocenters. The average molecular weight is 314 g/mol. The molecule has 0 aliphatic rings. The second kappa shape index (κ2) is 17.1. The number of hydrogen-bond acceptors (Lipinski definition) is 6. The van der Waals surface area contributed by atoms with E-state index in [9.17, 15) is 28.8 Å². The largest absolute Gasteiger partial charge is 0.300 e. The van der Waals surface area contributed by atoms with Gasteiger partial charge in [0.15, 0.2) is 0 Å². The summed E-state index contributed by atoms with van der Waals surface area (Å²) in [7, 11) is 0. The molecule has 0 aromatic heterocycles. The van der Waals surface area contributed by atoms with Gasteiger partial charge in [-0.3, -0.25) is 28.8 Å². The highest BCUT2D eigenvalue weighted by atomic mass is 16.2. The van der Waals surface area contributed by atoms with Crippen LogP contribution in [-0.4, -0.2) is 43.1 Å². The summed E-state index contributed by atoms with van der Waals surface area (Å²) in [6, 6.07) is 0. The number of hydrogen-bond donors (Lipinski definition) is 0. The number of Topliss-reactive ketones (excluding diaryl/α,β-unsaturated/α-hetero) is 6. The quantitative estimate of drug-likeness (QED) is 0.522. The third-order valence-corrected chi connectivity index (χ3v) is 1.49. The van der Waals surface area contributed by atoms with Crippen molar-refractivity contribution in [2.75, 3.05) is 0 Å². The van der Waals surface area contributed by atoms with Gasteiger partial charge in [-0.05, 0) is 41.5 Å². The Bertz CT molecular complexity index is 314. The van der Waals surface area contributed by atoms with Crippen molar-refractivity contribution in [1.29, 1.82) is 0 Å². The van der Waals surface area contributed by atoms with Crippen molar-refractivity contribution in [3.63, 3.8) is 0 Å². The standard InChI is InChI=1S/3C5H8O2.BH3/c3*1-4(6)3-5(2)7;/h3*3H2,1-2H3;1H3. The van der Waals surface area contributed by atoms with Crippen molar-refractivity contribution >= 4 is 43.1 Å². The van der Waals surface area contributed by atoms with Crippen LogP contribution < -0.4 is 0 Å². The number of ketones is 6. The molecule has 0 fully saturated rings. The lowest BCUT2D eigenvalue weighted by Gasteiger charge is -1.81. The third-order valence-electron chi connectivity index (χ3n) is 1.49. The van der Waals surface area contributed by atoms with Crippen LogP contribution in [0.3, 0.4) is 0 Å². The normalized spacial score (nSPS) is 7.91. The predicted octanol–water partition coefficient (Wildman–Crippen LogP) is 0.480. The maximum absolute atomic E-state index is 10.0. The lowest BCUT2D eigenvalue weighted by Crippen LogP contribution is -1.97.